The number of esters is 1. The van der Waals surface area contributed by atoms with E-state index in [0.717, 1.165) is 18.8 Å². The van der Waals surface area contributed by atoms with Crippen LogP contribution in [-0.4, -0.2) is 62.1 Å². The van der Waals surface area contributed by atoms with Crippen molar-refractivity contribution < 1.29 is 19.1 Å². The highest BCUT2D eigenvalue weighted by Crippen LogP contribution is 2.25. The molecule has 0 N–H and O–H groups in total. The summed E-state index contributed by atoms with van der Waals surface area (Å²) in [5, 5.41) is 15.1. The van der Waals surface area contributed by atoms with Crippen molar-refractivity contribution >= 4 is 23.3 Å². The molecule has 1 fully saturated rings. The number of hydrogen-bond acceptors (Lipinski definition) is 7. The molecule has 2 aliphatic rings. The lowest BCUT2D eigenvalue weighted by Crippen LogP contribution is -2.40. The summed E-state index contributed by atoms with van der Waals surface area (Å²) in [5.41, 5.74) is 2.47. The highest BCUT2D eigenvalue weighted by Gasteiger charge is 2.31. The largest absolute Gasteiger partial charge is 0.455 e. The van der Waals surface area contributed by atoms with E-state index in [1.165, 1.54) is 11.9 Å². The molecule has 136 valence electrons. The molecule has 0 spiro atoms. The normalized spacial score (nSPS) is 20.4. The van der Waals surface area contributed by atoms with Crippen molar-refractivity contribution in [2.75, 3.05) is 38.3 Å². The quantitative estimate of drug-likeness (QED) is 0.747. The summed E-state index contributed by atoms with van der Waals surface area (Å²) in [5.74, 6) is -0.712. The van der Waals surface area contributed by atoms with Crippen molar-refractivity contribution in [3.63, 3.8) is 0 Å². The maximum atomic E-state index is 11.9. The molecular weight excluding hydrogens is 336 g/mol. The van der Waals surface area contributed by atoms with Gasteiger partial charge in [-0.25, -0.2) is 5.01 Å². The Kier molecular flexibility index (Phi) is 5.19. The molecule has 1 atom stereocenters. The number of morpholine rings is 1. The molecule has 0 saturated carbocycles. The van der Waals surface area contributed by atoms with Crippen LogP contribution in [0.4, 0.5) is 5.69 Å². The predicted octanol–water partition coefficient (Wildman–Crippen LogP) is 0.893. The molecule has 2 aliphatic heterocycles. The van der Waals surface area contributed by atoms with Gasteiger partial charge >= 0.3 is 5.97 Å². The minimum Gasteiger partial charge on any atom is -0.455 e. The molecule has 0 aliphatic carbocycles. The van der Waals surface area contributed by atoms with E-state index in [0.29, 0.717) is 30.1 Å². The van der Waals surface area contributed by atoms with Gasteiger partial charge in [0, 0.05) is 32.6 Å². The number of rotatable bonds is 3. The second kappa shape index (κ2) is 7.54. The number of ether oxygens (including phenoxy) is 2. The van der Waals surface area contributed by atoms with Crippen LogP contribution in [0, 0.1) is 11.3 Å². The molecule has 8 heteroatoms. The first-order valence-corrected chi connectivity index (χ1v) is 8.39. The van der Waals surface area contributed by atoms with E-state index in [1.54, 1.807) is 13.1 Å². The van der Waals surface area contributed by atoms with Crippen LogP contribution >= 0.6 is 0 Å². The molecule has 1 amide bonds. The van der Waals surface area contributed by atoms with Crippen LogP contribution in [0.15, 0.2) is 23.3 Å². The average Bonchev–Trinajstić information content (AvgIpc) is 2.64. The minimum absolute atomic E-state index is 0.0298. The highest BCUT2D eigenvalue weighted by atomic mass is 16.5. The Morgan fingerprint density at radius 2 is 2.12 bits per heavy atom. The molecule has 1 aromatic rings. The standard InChI is InChI=1S/C18H20N4O4/c1-12(23)26-16-10-17(24)21(2)20-18(16)13-3-4-15(14(9-13)11-19)22-5-7-25-8-6-22/h3-4,9,16H,5-8,10H2,1-2H3. The van der Waals surface area contributed by atoms with E-state index < -0.39 is 12.1 Å². The molecular formula is C18H20N4O4. The van der Waals surface area contributed by atoms with Crippen molar-refractivity contribution in [2.45, 2.75) is 19.4 Å². The monoisotopic (exact) mass is 356 g/mol. The van der Waals surface area contributed by atoms with Crippen molar-refractivity contribution in [3.8, 4) is 6.07 Å². The fourth-order valence-corrected chi connectivity index (χ4v) is 3.08. The molecule has 0 radical (unpaired) electrons. The van der Waals surface area contributed by atoms with Gasteiger partial charge in [0.05, 0.1) is 30.9 Å². The van der Waals surface area contributed by atoms with Crippen molar-refractivity contribution in [1.82, 2.24) is 5.01 Å². The molecule has 2 heterocycles. The fraction of sp³-hybridized carbons (Fsp3) is 0.444. The van der Waals surface area contributed by atoms with Crippen molar-refractivity contribution in [1.29, 1.82) is 5.26 Å². The van der Waals surface area contributed by atoms with E-state index in [9.17, 15) is 14.9 Å². The molecule has 1 aromatic carbocycles. The number of benzene rings is 1. The third-order valence-corrected chi connectivity index (χ3v) is 4.36. The first kappa shape index (κ1) is 17.9. The van der Waals surface area contributed by atoms with Gasteiger partial charge in [-0.15, -0.1) is 0 Å². The van der Waals surface area contributed by atoms with Gasteiger partial charge in [0.2, 0.25) is 5.91 Å². The first-order chi connectivity index (χ1) is 12.5. The average molecular weight is 356 g/mol. The fourth-order valence-electron chi connectivity index (χ4n) is 3.08. The number of nitriles is 1. The van der Waals surface area contributed by atoms with Gasteiger partial charge in [0.1, 0.15) is 11.8 Å². The Morgan fingerprint density at radius 1 is 1.38 bits per heavy atom. The zero-order valence-corrected chi connectivity index (χ0v) is 14.8. The number of hydrogen-bond donors (Lipinski definition) is 0. The number of anilines is 1. The molecule has 0 bridgehead atoms. The van der Waals surface area contributed by atoms with Gasteiger partial charge in [-0.05, 0) is 12.1 Å². The maximum absolute atomic E-state index is 11.9. The maximum Gasteiger partial charge on any atom is 0.303 e. The van der Waals surface area contributed by atoms with Crippen LogP contribution in [0.25, 0.3) is 0 Å². The molecule has 1 saturated heterocycles. The zero-order valence-electron chi connectivity index (χ0n) is 14.8. The van der Waals surface area contributed by atoms with Gasteiger partial charge in [-0.2, -0.15) is 10.4 Å². The lowest BCUT2D eigenvalue weighted by atomic mass is 9.98. The Bertz CT molecular complexity index is 793. The Morgan fingerprint density at radius 3 is 2.77 bits per heavy atom. The molecule has 26 heavy (non-hydrogen) atoms. The zero-order chi connectivity index (χ0) is 18.7. The van der Waals surface area contributed by atoms with Crippen LogP contribution in [0.5, 0.6) is 0 Å². The number of carbonyl (C=O) groups excluding carboxylic acids is 2. The summed E-state index contributed by atoms with van der Waals surface area (Å²) >= 11 is 0. The third kappa shape index (κ3) is 3.68. The SMILES string of the molecule is CC(=O)OC1CC(=O)N(C)N=C1c1ccc(N2CCOCC2)c(C#N)c1. The van der Waals surface area contributed by atoms with Gasteiger partial charge in [-0.1, -0.05) is 6.07 Å². The summed E-state index contributed by atoms with van der Waals surface area (Å²) in [7, 11) is 1.56. The third-order valence-electron chi connectivity index (χ3n) is 4.36. The van der Waals surface area contributed by atoms with Gasteiger partial charge in [0.15, 0.2) is 6.10 Å². The van der Waals surface area contributed by atoms with Crippen molar-refractivity contribution in [2.24, 2.45) is 5.10 Å². The summed E-state index contributed by atoms with van der Waals surface area (Å²) in [6.45, 7) is 3.99. The van der Waals surface area contributed by atoms with E-state index in [2.05, 4.69) is 16.1 Å². The van der Waals surface area contributed by atoms with E-state index in [4.69, 9.17) is 9.47 Å². The summed E-state index contributed by atoms with van der Waals surface area (Å²) in [4.78, 5) is 25.4. The highest BCUT2D eigenvalue weighted by molar-refractivity contribution is 6.08. The molecule has 3 rings (SSSR count). The van der Waals surface area contributed by atoms with Crippen molar-refractivity contribution in [3.05, 3.63) is 29.3 Å². The Balaban J connectivity index is 1.96. The number of hydrazone groups is 1. The van der Waals surface area contributed by atoms with E-state index in [1.807, 2.05) is 12.1 Å². The Labute approximate surface area is 151 Å². The molecule has 0 aromatic heterocycles. The first-order valence-electron chi connectivity index (χ1n) is 8.39. The van der Waals surface area contributed by atoms with Crippen LogP contribution in [0.3, 0.4) is 0 Å². The second-order valence-corrected chi connectivity index (χ2v) is 6.15. The summed E-state index contributed by atoms with van der Waals surface area (Å²) < 4.78 is 10.6. The summed E-state index contributed by atoms with van der Waals surface area (Å²) in [6, 6.07) is 7.65. The molecule has 8 nitrogen and oxygen atoms in total. The number of carbonyl (C=O) groups is 2. The van der Waals surface area contributed by atoms with Crippen LogP contribution in [-0.2, 0) is 19.1 Å². The van der Waals surface area contributed by atoms with Crippen LogP contribution in [0.2, 0.25) is 0 Å². The van der Waals surface area contributed by atoms with Crippen LogP contribution < -0.4 is 4.90 Å². The molecule has 1 unspecified atom stereocenters. The lowest BCUT2D eigenvalue weighted by molar-refractivity contribution is -0.146. The Hall–Kier alpha value is -2.92. The smallest absolute Gasteiger partial charge is 0.303 e. The minimum atomic E-state index is -0.753. The van der Waals surface area contributed by atoms with Gasteiger partial charge < -0.3 is 14.4 Å². The van der Waals surface area contributed by atoms with E-state index in [-0.39, 0.29) is 12.3 Å². The van der Waals surface area contributed by atoms with E-state index >= 15 is 0 Å². The number of amides is 1. The van der Waals surface area contributed by atoms with Crippen LogP contribution in [0.1, 0.15) is 24.5 Å². The number of nitrogens with zero attached hydrogens (tertiary/aromatic N) is 4. The topological polar surface area (TPSA) is 95.2 Å². The van der Waals surface area contributed by atoms with Gasteiger partial charge in [-0.3, -0.25) is 9.59 Å². The predicted molar refractivity (Wildman–Crippen MR) is 93.7 cm³/mol. The lowest BCUT2D eigenvalue weighted by Gasteiger charge is -2.30. The second-order valence-electron chi connectivity index (χ2n) is 6.15. The van der Waals surface area contributed by atoms with Gasteiger partial charge in [0.25, 0.3) is 0 Å². The summed E-state index contributed by atoms with van der Waals surface area (Å²) in [6.07, 6.45) is -0.723.